The van der Waals surface area contributed by atoms with Gasteiger partial charge in [0.25, 0.3) is 6.33 Å². The van der Waals surface area contributed by atoms with Crippen molar-refractivity contribution >= 4 is 45.3 Å². The van der Waals surface area contributed by atoms with Gasteiger partial charge in [0, 0.05) is 0 Å². The van der Waals surface area contributed by atoms with Crippen molar-refractivity contribution in [3.8, 4) is 0 Å². The number of fused-ring (bicyclic) bond motifs is 3. The molecule has 44 heavy (non-hydrogen) atoms. The molecule has 0 bridgehead atoms. The second-order valence-corrected chi connectivity index (χ2v) is 12.7. The maximum absolute atomic E-state index is 12.0. The number of ether oxygens (including phenoxy) is 2. The summed E-state index contributed by atoms with van der Waals surface area (Å²) in [6.07, 6.45) is 4.07. The maximum atomic E-state index is 12.0. The number of H-pyrrole nitrogens is 2. The van der Waals surface area contributed by atoms with Gasteiger partial charge in [0.2, 0.25) is 0 Å². The van der Waals surface area contributed by atoms with Crippen LogP contribution < -0.4 is 4.98 Å². The average molecular weight is 598 g/mol. The number of benzene rings is 3. The topological polar surface area (TPSA) is 118 Å². The first-order valence-electron chi connectivity index (χ1n) is 14.4. The number of aromatic nitrogens is 6. The molecule has 0 amide bonds. The van der Waals surface area contributed by atoms with Crippen LogP contribution in [0.2, 0.25) is 0 Å². The molecule has 0 aliphatic carbocycles. The first-order chi connectivity index (χ1) is 20.6. The number of hydrogen-bond acceptors (Lipinski definition) is 6. The van der Waals surface area contributed by atoms with Crippen molar-refractivity contribution < 1.29 is 24.0 Å². The Labute approximate surface area is 257 Å². The van der Waals surface area contributed by atoms with Gasteiger partial charge >= 0.3 is 12.2 Å². The molecule has 6 aromatic rings. The van der Waals surface area contributed by atoms with Crippen molar-refractivity contribution in [2.75, 3.05) is 0 Å². The van der Waals surface area contributed by atoms with Crippen LogP contribution in [0.25, 0.3) is 33.1 Å². The molecule has 0 saturated heterocycles. The molecule has 0 fully saturated rings. The second-order valence-electron chi connectivity index (χ2n) is 12.7. The third-order valence-electron chi connectivity index (χ3n) is 6.22. The molecule has 0 aliphatic rings. The summed E-state index contributed by atoms with van der Waals surface area (Å²) in [7, 11) is 0. The van der Waals surface area contributed by atoms with E-state index in [0.717, 1.165) is 44.2 Å². The molecule has 0 saturated carbocycles. The quantitative estimate of drug-likeness (QED) is 0.193. The monoisotopic (exact) mass is 597 g/mol. The Morgan fingerprint density at radius 2 is 1.30 bits per heavy atom. The predicted molar refractivity (Wildman–Crippen MR) is 172 cm³/mol. The highest BCUT2D eigenvalue weighted by molar-refractivity contribution is 5.87. The van der Waals surface area contributed by atoms with Crippen molar-refractivity contribution in [3.05, 3.63) is 90.3 Å². The Kier molecular flexibility index (Phi) is 9.22. The van der Waals surface area contributed by atoms with Gasteiger partial charge in [0.05, 0.1) is 28.4 Å². The normalized spacial score (nSPS) is 11.5. The number of hydrogen-bond donors (Lipinski definition) is 1. The molecule has 6 rings (SSSR count). The molecule has 0 aliphatic heterocycles. The van der Waals surface area contributed by atoms with Crippen LogP contribution in [-0.2, 0) is 9.47 Å². The predicted octanol–water partition coefficient (Wildman–Crippen LogP) is 7.55. The van der Waals surface area contributed by atoms with Gasteiger partial charge in [-0.05, 0) is 115 Å². The smallest absolute Gasteiger partial charge is 0.443 e. The van der Waals surface area contributed by atoms with Gasteiger partial charge in [-0.3, -0.25) is 0 Å². The minimum atomic E-state index is -0.502. The van der Waals surface area contributed by atoms with E-state index in [1.165, 1.54) is 21.0 Å². The minimum Gasteiger partial charge on any atom is -0.443 e. The number of carbonyl (C=O) groups is 2. The zero-order chi connectivity index (χ0) is 32.2. The van der Waals surface area contributed by atoms with E-state index < -0.39 is 17.3 Å². The van der Waals surface area contributed by atoms with Crippen LogP contribution in [-0.4, -0.2) is 47.5 Å². The summed E-state index contributed by atoms with van der Waals surface area (Å²) in [5.74, 6) is 0. The molecular weight excluding hydrogens is 556 g/mol. The number of rotatable bonds is 0. The first-order valence-corrected chi connectivity index (χ1v) is 14.4. The minimum absolute atomic E-state index is 0.366. The Morgan fingerprint density at radius 3 is 1.98 bits per heavy atom. The summed E-state index contributed by atoms with van der Waals surface area (Å²) < 4.78 is 13.6. The molecule has 0 unspecified atom stereocenters. The molecule has 3 aromatic heterocycles. The fourth-order valence-electron chi connectivity index (χ4n) is 4.26. The second kappa shape index (κ2) is 12.7. The van der Waals surface area contributed by atoms with Crippen molar-refractivity contribution in [3.63, 3.8) is 0 Å². The number of aryl methyl sites for hydroxylation is 3. The number of carbonyl (C=O) groups excluding carboxylic acids is 2. The lowest BCUT2D eigenvalue weighted by Crippen LogP contribution is -2.27. The van der Waals surface area contributed by atoms with Gasteiger partial charge in [-0.25, -0.2) is 24.3 Å². The fourth-order valence-corrected chi connectivity index (χ4v) is 4.26. The summed E-state index contributed by atoms with van der Waals surface area (Å²) in [5, 5.41) is 0. The Hall–Kier alpha value is -4.99. The largest absolute Gasteiger partial charge is 0.512 e. The third-order valence-corrected chi connectivity index (χ3v) is 6.22. The van der Waals surface area contributed by atoms with Crippen LogP contribution in [0.15, 0.2) is 73.6 Å². The van der Waals surface area contributed by atoms with Crippen molar-refractivity contribution in [2.45, 2.75) is 73.5 Å². The number of aromatic amines is 2. The maximum Gasteiger partial charge on any atom is 0.512 e. The van der Waals surface area contributed by atoms with E-state index in [4.69, 9.17) is 9.47 Å². The fraction of sp³-hybridized carbons (Fsp3) is 0.324. The van der Waals surface area contributed by atoms with E-state index in [-0.39, 0.29) is 6.09 Å². The van der Waals surface area contributed by atoms with Crippen LogP contribution in [0, 0.1) is 20.8 Å². The van der Waals surface area contributed by atoms with Crippen molar-refractivity contribution in [1.29, 1.82) is 0 Å². The highest BCUT2D eigenvalue weighted by Crippen LogP contribution is 2.18. The number of nitrogens with zero attached hydrogens (tertiary/aromatic N) is 4. The molecule has 0 radical (unpaired) electrons. The van der Waals surface area contributed by atoms with Gasteiger partial charge in [0.15, 0.2) is 11.0 Å². The van der Waals surface area contributed by atoms with Gasteiger partial charge in [-0.1, -0.05) is 18.2 Å². The molecule has 3 aromatic carbocycles. The summed E-state index contributed by atoms with van der Waals surface area (Å²) in [6, 6.07) is 17.8. The molecule has 3 heterocycles. The standard InChI is InChI=1S/2C13H16N2O2.C8H8N2/c1-9-5-6-11-10(7-9)14-8-15(11)12(16)17-13(2,3)4;1-9-5-6-10-11(7-9)15(8-14-10)12(16)17-13(2,3)4;1-6-2-3-7-8(4-6)10-5-9-7/h2*5-8H,1-4H3;2-5H,1H3,(H,9,10)/p+1. The van der Waals surface area contributed by atoms with E-state index in [0.29, 0.717) is 0 Å². The van der Waals surface area contributed by atoms with Gasteiger partial charge in [0.1, 0.15) is 17.5 Å². The highest BCUT2D eigenvalue weighted by atomic mass is 16.6. The Bertz CT molecular complexity index is 1920. The summed E-state index contributed by atoms with van der Waals surface area (Å²) in [4.78, 5) is 38.3. The number of imidazole rings is 3. The number of nitrogens with one attached hydrogen (secondary N) is 2. The van der Waals surface area contributed by atoms with Crippen molar-refractivity contribution in [1.82, 2.24) is 24.1 Å². The van der Waals surface area contributed by atoms with Gasteiger partial charge in [-0.15, -0.1) is 4.57 Å². The molecule has 0 spiro atoms. The van der Waals surface area contributed by atoms with Gasteiger partial charge < -0.3 is 14.5 Å². The zero-order valence-corrected chi connectivity index (χ0v) is 26.9. The van der Waals surface area contributed by atoms with Crippen LogP contribution in [0.3, 0.4) is 0 Å². The van der Waals surface area contributed by atoms with E-state index in [1.54, 1.807) is 12.7 Å². The molecular formula is C34H41N6O4+. The molecule has 2 N–H and O–H groups in total. The summed E-state index contributed by atoms with van der Waals surface area (Å²) in [6.45, 7) is 17.1. The van der Waals surface area contributed by atoms with E-state index in [2.05, 4.69) is 39.0 Å². The average Bonchev–Trinajstić information content (AvgIpc) is 3.65. The SMILES string of the molecule is Cc1ccc2[nH+]cn(C(=O)OC(C)(C)C)c2c1.Cc1ccc2c(c1)ncn2C(=O)OC(C)(C)C.Cc1ccc2nc[nH]c2c1. The lowest BCUT2D eigenvalue weighted by atomic mass is 10.2. The lowest BCUT2D eigenvalue weighted by Gasteiger charge is -2.19. The Morgan fingerprint density at radius 1 is 0.705 bits per heavy atom. The van der Waals surface area contributed by atoms with Gasteiger partial charge in [-0.2, -0.15) is 4.79 Å². The zero-order valence-electron chi connectivity index (χ0n) is 26.9. The molecule has 0 atom stereocenters. The van der Waals surface area contributed by atoms with Crippen LogP contribution in [0.1, 0.15) is 58.2 Å². The van der Waals surface area contributed by atoms with Crippen LogP contribution in [0.5, 0.6) is 0 Å². The molecule has 230 valence electrons. The van der Waals surface area contributed by atoms with Crippen LogP contribution >= 0.6 is 0 Å². The van der Waals surface area contributed by atoms with E-state index in [1.807, 2.05) is 97.9 Å². The Balaban J connectivity index is 0.000000156. The highest BCUT2D eigenvalue weighted by Gasteiger charge is 2.24. The van der Waals surface area contributed by atoms with E-state index >= 15 is 0 Å². The summed E-state index contributed by atoms with van der Waals surface area (Å²) >= 11 is 0. The molecule has 10 nitrogen and oxygen atoms in total. The summed E-state index contributed by atoms with van der Waals surface area (Å²) in [5.41, 5.74) is 7.96. The first kappa shape index (κ1) is 31.9. The van der Waals surface area contributed by atoms with Crippen LogP contribution in [0.4, 0.5) is 9.59 Å². The van der Waals surface area contributed by atoms with E-state index in [9.17, 15) is 9.59 Å². The lowest BCUT2D eigenvalue weighted by molar-refractivity contribution is -0.345. The third kappa shape index (κ3) is 8.31. The molecule has 10 heteroatoms. The van der Waals surface area contributed by atoms with Crippen molar-refractivity contribution in [2.24, 2.45) is 0 Å².